The SMILES string of the molecule is NC(Cc1ccc(Cl)cc1)C1CCSC1. The van der Waals surface area contributed by atoms with Crippen LogP contribution in [0.1, 0.15) is 12.0 Å². The normalized spacial score (nSPS) is 22.9. The van der Waals surface area contributed by atoms with Crippen LogP contribution in [0.2, 0.25) is 5.02 Å². The lowest BCUT2D eigenvalue weighted by molar-refractivity contribution is 0.463. The molecule has 1 nitrogen and oxygen atoms in total. The van der Waals surface area contributed by atoms with Crippen LogP contribution in [0.15, 0.2) is 24.3 Å². The van der Waals surface area contributed by atoms with E-state index in [-0.39, 0.29) is 0 Å². The van der Waals surface area contributed by atoms with E-state index >= 15 is 0 Å². The summed E-state index contributed by atoms with van der Waals surface area (Å²) in [6, 6.07) is 8.33. The van der Waals surface area contributed by atoms with E-state index in [1.54, 1.807) is 0 Å². The van der Waals surface area contributed by atoms with Crippen molar-refractivity contribution in [3.05, 3.63) is 34.9 Å². The summed E-state index contributed by atoms with van der Waals surface area (Å²) in [6.07, 6.45) is 2.25. The number of hydrogen-bond donors (Lipinski definition) is 1. The molecule has 1 aromatic carbocycles. The number of nitrogens with two attached hydrogens (primary N) is 1. The highest BCUT2D eigenvalue weighted by Gasteiger charge is 2.22. The van der Waals surface area contributed by atoms with Crippen molar-refractivity contribution in [3.8, 4) is 0 Å². The smallest absolute Gasteiger partial charge is 0.0406 e. The predicted molar refractivity (Wildman–Crippen MR) is 68.6 cm³/mol. The average Bonchev–Trinajstić information content (AvgIpc) is 2.74. The third-order valence-electron chi connectivity index (χ3n) is 2.96. The van der Waals surface area contributed by atoms with Crippen LogP contribution in [-0.2, 0) is 6.42 Å². The van der Waals surface area contributed by atoms with Gasteiger partial charge in [-0.2, -0.15) is 11.8 Å². The Morgan fingerprint density at radius 3 is 2.73 bits per heavy atom. The Hall–Kier alpha value is -0.180. The van der Waals surface area contributed by atoms with E-state index in [4.69, 9.17) is 17.3 Å². The van der Waals surface area contributed by atoms with Crippen LogP contribution in [0.4, 0.5) is 0 Å². The van der Waals surface area contributed by atoms with Gasteiger partial charge in [-0.05, 0) is 48.0 Å². The van der Waals surface area contributed by atoms with Crippen LogP contribution in [0, 0.1) is 5.92 Å². The van der Waals surface area contributed by atoms with Gasteiger partial charge in [-0.1, -0.05) is 23.7 Å². The molecule has 1 heterocycles. The van der Waals surface area contributed by atoms with Gasteiger partial charge in [-0.15, -0.1) is 0 Å². The molecule has 0 aliphatic carbocycles. The van der Waals surface area contributed by atoms with Gasteiger partial charge in [0.05, 0.1) is 0 Å². The molecule has 0 spiro atoms. The van der Waals surface area contributed by atoms with Crippen LogP contribution in [0.5, 0.6) is 0 Å². The van der Waals surface area contributed by atoms with E-state index in [1.807, 2.05) is 23.9 Å². The fourth-order valence-electron chi connectivity index (χ4n) is 1.95. The van der Waals surface area contributed by atoms with Crippen molar-refractivity contribution in [3.63, 3.8) is 0 Å². The Morgan fingerprint density at radius 1 is 1.40 bits per heavy atom. The maximum Gasteiger partial charge on any atom is 0.0406 e. The maximum atomic E-state index is 6.20. The van der Waals surface area contributed by atoms with E-state index in [0.29, 0.717) is 12.0 Å². The number of benzene rings is 1. The topological polar surface area (TPSA) is 26.0 Å². The van der Waals surface area contributed by atoms with Gasteiger partial charge in [-0.25, -0.2) is 0 Å². The van der Waals surface area contributed by atoms with Gasteiger partial charge in [-0.3, -0.25) is 0 Å². The number of rotatable bonds is 3. The van der Waals surface area contributed by atoms with E-state index in [0.717, 1.165) is 11.4 Å². The first-order valence-electron chi connectivity index (χ1n) is 5.33. The zero-order valence-electron chi connectivity index (χ0n) is 8.66. The van der Waals surface area contributed by atoms with Crippen LogP contribution >= 0.6 is 23.4 Å². The summed E-state index contributed by atoms with van der Waals surface area (Å²) < 4.78 is 0. The summed E-state index contributed by atoms with van der Waals surface area (Å²) in [7, 11) is 0. The van der Waals surface area contributed by atoms with Crippen LogP contribution < -0.4 is 5.73 Å². The van der Waals surface area contributed by atoms with Gasteiger partial charge >= 0.3 is 0 Å². The first-order chi connectivity index (χ1) is 7.25. The molecule has 1 saturated heterocycles. The van der Waals surface area contributed by atoms with Gasteiger partial charge in [0.25, 0.3) is 0 Å². The second-order valence-corrected chi connectivity index (χ2v) is 5.70. The molecule has 0 bridgehead atoms. The van der Waals surface area contributed by atoms with Gasteiger partial charge in [0.15, 0.2) is 0 Å². The molecular weight excluding hydrogens is 226 g/mol. The lowest BCUT2D eigenvalue weighted by atomic mass is 9.94. The predicted octanol–water partition coefficient (Wildman–Crippen LogP) is 2.96. The van der Waals surface area contributed by atoms with Crippen LogP contribution in [-0.4, -0.2) is 17.5 Å². The van der Waals surface area contributed by atoms with Crippen molar-refractivity contribution in [1.29, 1.82) is 0 Å². The molecule has 15 heavy (non-hydrogen) atoms. The Labute approximate surface area is 100 Å². The second-order valence-electron chi connectivity index (χ2n) is 4.12. The molecule has 82 valence electrons. The molecule has 2 atom stereocenters. The molecule has 0 radical (unpaired) electrons. The molecule has 0 aromatic heterocycles. The molecule has 1 aromatic rings. The summed E-state index contributed by atoms with van der Waals surface area (Å²) in [6.45, 7) is 0. The fraction of sp³-hybridized carbons (Fsp3) is 0.500. The Balaban J connectivity index is 1.92. The molecule has 0 saturated carbocycles. The number of thioether (sulfide) groups is 1. The van der Waals surface area contributed by atoms with Gasteiger partial charge < -0.3 is 5.73 Å². The van der Waals surface area contributed by atoms with E-state index < -0.39 is 0 Å². The van der Waals surface area contributed by atoms with E-state index in [2.05, 4.69) is 12.1 Å². The van der Waals surface area contributed by atoms with Crippen LogP contribution in [0.25, 0.3) is 0 Å². The molecule has 1 aliphatic rings. The van der Waals surface area contributed by atoms with Gasteiger partial charge in [0.2, 0.25) is 0 Å². The summed E-state index contributed by atoms with van der Waals surface area (Å²) in [4.78, 5) is 0. The first kappa shape index (κ1) is 11.3. The fourth-order valence-corrected chi connectivity index (χ4v) is 3.43. The van der Waals surface area contributed by atoms with Crippen LogP contribution in [0.3, 0.4) is 0 Å². The minimum atomic E-state index is 0.307. The summed E-state index contributed by atoms with van der Waals surface area (Å²) in [5.41, 5.74) is 7.50. The average molecular weight is 242 g/mol. The van der Waals surface area contributed by atoms with E-state index in [9.17, 15) is 0 Å². The number of hydrogen-bond acceptors (Lipinski definition) is 2. The highest BCUT2D eigenvalue weighted by atomic mass is 35.5. The minimum absolute atomic E-state index is 0.307. The largest absolute Gasteiger partial charge is 0.327 e. The van der Waals surface area contributed by atoms with Crippen molar-refractivity contribution in [1.82, 2.24) is 0 Å². The highest BCUT2D eigenvalue weighted by molar-refractivity contribution is 7.99. The van der Waals surface area contributed by atoms with Crippen molar-refractivity contribution in [2.75, 3.05) is 11.5 Å². The first-order valence-corrected chi connectivity index (χ1v) is 6.87. The van der Waals surface area contributed by atoms with Gasteiger partial charge in [0.1, 0.15) is 0 Å². The van der Waals surface area contributed by atoms with Gasteiger partial charge in [0, 0.05) is 11.1 Å². The summed E-state index contributed by atoms with van der Waals surface area (Å²) in [5.74, 6) is 3.21. The molecule has 2 unspecified atom stereocenters. The monoisotopic (exact) mass is 241 g/mol. The zero-order chi connectivity index (χ0) is 10.7. The highest BCUT2D eigenvalue weighted by Crippen LogP contribution is 2.26. The maximum absolute atomic E-state index is 6.20. The Kier molecular flexibility index (Phi) is 3.95. The van der Waals surface area contributed by atoms with Crippen molar-refractivity contribution in [2.45, 2.75) is 18.9 Å². The molecule has 1 fully saturated rings. The molecule has 3 heteroatoms. The summed E-state index contributed by atoms with van der Waals surface area (Å²) in [5, 5.41) is 0.795. The van der Waals surface area contributed by atoms with E-state index in [1.165, 1.54) is 23.5 Å². The standard InChI is InChI=1S/C12H16ClNS/c13-11-3-1-9(2-4-11)7-12(14)10-5-6-15-8-10/h1-4,10,12H,5-8,14H2. The lowest BCUT2D eigenvalue weighted by Crippen LogP contribution is -2.32. The second kappa shape index (κ2) is 5.24. The molecule has 1 aliphatic heterocycles. The third-order valence-corrected chi connectivity index (χ3v) is 4.40. The Morgan fingerprint density at radius 2 is 2.13 bits per heavy atom. The third kappa shape index (κ3) is 3.13. The Bertz CT molecular complexity index is 306. The lowest BCUT2D eigenvalue weighted by Gasteiger charge is -2.18. The zero-order valence-corrected chi connectivity index (χ0v) is 10.2. The molecular formula is C12H16ClNS. The number of halogens is 1. The molecule has 2 N–H and O–H groups in total. The van der Waals surface area contributed by atoms with Crippen molar-refractivity contribution < 1.29 is 0 Å². The van der Waals surface area contributed by atoms with Crippen molar-refractivity contribution in [2.24, 2.45) is 11.7 Å². The quantitative estimate of drug-likeness (QED) is 0.881. The molecule has 0 amide bonds. The summed E-state index contributed by atoms with van der Waals surface area (Å²) >= 11 is 7.86. The minimum Gasteiger partial charge on any atom is -0.327 e. The molecule has 2 rings (SSSR count). The van der Waals surface area contributed by atoms with Crippen molar-refractivity contribution >= 4 is 23.4 Å².